The zero-order valence-corrected chi connectivity index (χ0v) is 16.6. The number of benzene rings is 1. The fourth-order valence-corrected chi connectivity index (χ4v) is 3.02. The summed E-state index contributed by atoms with van der Waals surface area (Å²) in [7, 11) is 0.450. The Morgan fingerprint density at radius 3 is 2.34 bits per heavy atom. The molecule has 3 rings (SSSR count). The fourth-order valence-electron chi connectivity index (χ4n) is 3.02. The second kappa shape index (κ2) is 9.10. The maximum atomic E-state index is 12.0. The highest BCUT2D eigenvalue weighted by Crippen LogP contribution is 2.24. The van der Waals surface area contributed by atoms with Crippen LogP contribution in [0.1, 0.15) is 24.2 Å². The number of hydrogen-bond acceptors (Lipinski definition) is 9. The topological polar surface area (TPSA) is 94.6 Å². The molecule has 0 bridgehead atoms. The van der Waals surface area contributed by atoms with Crippen LogP contribution in [0.15, 0.2) is 35.9 Å². The molecular weight excluding hydrogens is 379 g/mol. The summed E-state index contributed by atoms with van der Waals surface area (Å²) in [6.07, 6.45) is 1.76. The molecule has 1 fully saturated rings. The molecule has 1 aromatic carbocycles. The Morgan fingerprint density at radius 1 is 1.14 bits per heavy atom. The molecule has 2 heterocycles. The third-order valence-electron chi connectivity index (χ3n) is 4.32. The van der Waals surface area contributed by atoms with E-state index in [1.54, 1.807) is 49.4 Å². The molecule has 0 spiro atoms. The second-order valence-electron chi connectivity index (χ2n) is 6.91. The highest BCUT2D eigenvalue weighted by atomic mass is 16.7. The first-order valence-corrected chi connectivity index (χ1v) is 9.32. The Balaban J connectivity index is 1.74. The minimum Gasteiger partial charge on any atom is -0.496 e. The van der Waals surface area contributed by atoms with Crippen LogP contribution >= 0.6 is 0 Å². The van der Waals surface area contributed by atoms with E-state index in [1.165, 1.54) is 4.90 Å². The average Bonchev–Trinajstić information content (AvgIpc) is 2.66. The third kappa shape index (κ3) is 5.36. The number of hydrogen-bond donors (Lipinski definition) is 0. The highest BCUT2D eigenvalue weighted by Gasteiger charge is 2.42. The summed E-state index contributed by atoms with van der Waals surface area (Å²) in [5.41, 5.74) is 2.07. The number of carbonyl (C=O) groups excluding carboxylic acids is 3. The van der Waals surface area contributed by atoms with Gasteiger partial charge in [0, 0.05) is 0 Å². The van der Waals surface area contributed by atoms with Crippen molar-refractivity contribution < 1.29 is 33.3 Å². The van der Waals surface area contributed by atoms with Crippen molar-refractivity contribution in [3.05, 3.63) is 41.5 Å². The first-order chi connectivity index (χ1) is 13.9. The molecule has 1 saturated heterocycles. The lowest BCUT2D eigenvalue weighted by Crippen LogP contribution is -2.51. The molecule has 0 amide bonds. The van der Waals surface area contributed by atoms with Crippen molar-refractivity contribution in [2.75, 3.05) is 38.4 Å². The molecule has 0 aliphatic carbocycles. The number of nitrogens with zero attached hydrogens (tertiary/aromatic N) is 2. The molecule has 0 saturated carbocycles. The molecule has 0 N–H and O–H groups in total. The zero-order chi connectivity index (χ0) is 21.0. The van der Waals surface area contributed by atoms with Crippen molar-refractivity contribution in [3.8, 4) is 0 Å². The summed E-state index contributed by atoms with van der Waals surface area (Å²) in [5, 5.41) is 1.60. The predicted molar refractivity (Wildman–Crippen MR) is 104 cm³/mol. The van der Waals surface area contributed by atoms with Gasteiger partial charge in [0.25, 0.3) is 0 Å². The van der Waals surface area contributed by atoms with Crippen molar-refractivity contribution in [1.29, 1.82) is 0 Å². The van der Waals surface area contributed by atoms with Crippen LogP contribution in [-0.2, 0) is 28.5 Å². The van der Waals surface area contributed by atoms with E-state index >= 15 is 0 Å². The van der Waals surface area contributed by atoms with Crippen LogP contribution in [0.4, 0.5) is 5.69 Å². The van der Waals surface area contributed by atoms with E-state index in [1.807, 2.05) is 6.92 Å². The van der Waals surface area contributed by atoms with Crippen LogP contribution in [0.25, 0.3) is 0 Å². The number of ether oxygens (including phenoxy) is 1. The molecule has 2 aliphatic rings. The van der Waals surface area contributed by atoms with Gasteiger partial charge in [-0.1, -0.05) is 11.6 Å². The van der Waals surface area contributed by atoms with E-state index in [9.17, 15) is 14.4 Å². The molecule has 2 aliphatic heterocycles. The Morgan fingerprint density at radius 2 is 1.76 bits per heavy atom. The van der Waals surface area contributed by atoms with E-state index in [0.717, 1.165) is 5.57 Å². The minimum absolute atomic E-state index is 0.0138. The number of likely N-dealkylation sites (N-methyl/N-ethyl adjacent to an activating group) is 1. The third-order valence-corrected chi connectivity index (χ3v) is 4.32. The molecule has 29 heavy (non-hydrogen) atoms. The van der Waals surface area contributed by atoms with Crippen LogP contribution in [0.3, 0.4) is 0 Å². The monoisotopic (exact) mass is 402 g/mol. The predicted octanol–water partition coefficient (Wildman–Crippen LogP) is 0.989. The smallest absolute Gasteiger partial charge is 0.496 e. The molecule has 1 aromatic rings. The number of carbonyl (C=O) groups is 3. The first kappa shape index (κ1) is 20.9. The lowest BCUT2D eigenvalue weighted by atomic mass is 9.79. The Kier molecular flexibility index (Phi) is 6.55. The first-order valence-electron chi connectivity index (χ1n) is 9.32. The van der Waals surface area contributed by atoms with E-state index in [0.29, 0.717) is 24.4 Å². The summed E-state index contributed by atoms with van der Waals surface area (Å²) in [6, 6.07) is 5.96. The largest absolute Gasteiger partial charge is 0.636 e. The summed E-state index contributed by atoms with van der Waals surface area (Å²) in [4.78, 5) is 43.3. The molecule has 0 radical (unpaired) electrons. The zero-order valence-electron chi connectivity index (χ0n) is 16.6. The van der Waals surface area contributed by atoms with Crippen molar-refractivity contribution >= 4 is 30.7 Å². The minimum atomic E-state index is -1.18. The van der Waals surface area contributed by atoms with Gasteiger partial charge in [-0.05, 0) is 45.2 Å². The average molecular weight is 402 g/mol. The number of rotatable bonds is 4. The van der Waals surface area contributed by atoms with Gasteiger partial charge in [-0.2, -0.15) is 0 Å². The van der Waals surface area contributed by atoms with Gasteiger partial charge in [0.2, 0.25) is 0 Å². The van der Waals surface area contributed by atoms with Gasteiger partial charge < -0.3 is 14.0 Å². The quantitative estimate of drug-likeness (QED) is 0.415. The molecule has 1 atom stereocenters. The van der Waals surface area contributed by atoms with Crippen LogP contribution in [0.5, 0.6) is 0 Å². The summed E-state index contributed by atoms with van der Waals surface area (Å²) in [6.45, 7) is 4.38. The maximum Gasteiger partial charge on any atom is 0.636 e. The number of anilines is 1. The van der Waals surface area contributed by atoms with Gasteiger partial charge in [0.15, 0.2) is 6.00 Å². The highest BCUT2D eigenvalue weighted by molar-refractivity contribution is 6.51. The number of hydroxylamine groups is 1. The molecule has 10 heteroatoms. The molecule has 1 unspecified atom stereocenters. The van der Waals surface area contributed by atoms with Gasteiger partial charge in [-0.3, -0.25) is 19.3 Å². The van der Waals surface area contributed by atoms with E-state index < -0.39 is 31.0 Å². The van der Waals surface area contributed by atoms with Crippen molar-refractivity contribution in [2.24, 2.45) is 0 Å². The van der Waals surface area contributed by atoms with Gasteiger partial charge in [0.05, 0.1) is 37.5 Å². The molecule has 154 valence electrons. The van der Waals surface area contributed by atoms with Gasteiger partial charge in [-0.15, -0.1) is 0 Å². The Bertz CT molecular complexity index is 791. The van der Waals surface area contributed by atoms with Crippen molar-refractivity contribution in [1.82, 2.24) is 4.90 Å². The molecule has 0 aromatic heterocycles. The van der Waals surface area contributed by atoms with Gasteiger partial charge in [0.1, 0.15) is 0 Å². The van der Waals surface area contributed by atoms with Crippen LogP contribution in [-0.4, -0.2) is 69.2 Å². The van der Waals surface area contributed by atoms with E-state index in [2.05, 4.69) is 0 Å². The van der Waals surface area contributed by atoms with Crippen LogP contribution in [0, 0.1) is 0 Å². The SMILES string of the molecule is CCOC(=O)c1ccc(N2CC(C)=CC(B3OC(=O)CN(C)CC(=O)O3)O2)cc1. The molecular formula is C19H23BN2O7. The van der Waals surface area contributed by atoms with Gasteiger partial charge in [-0.25, -0.2) is 9.86 Å². The Labute approximate surface area is 169 Å². The standard InChI is InChI=1S/C19H23BN2O7/c1-4-26-19(25)14-5-7-15(8-6-14)22-10-13(2)9-16(29-22)20-27-17(23)11-21(3)12-18(24)28-20/h5-9,16H,4,10-12H2,1-3H3. The van der Waals surface area contributed by atoms with Gasteiger partial charge >= 0.3 is 25.0 Å². The van der Waals surface area contributed by atoms with Crippen LogP contribution in [0.2, 0.25) is 0 Å². The summed E-state index contributed by atoms with van der Waals surface area (Å²) in [5.74, 6) is -1.41. The lowest BCUT2D eigenvalue weighted by molar-refractivity contribution is -0.147. The van der Waals surface area contributed by atoms with Crippen molar-refractivity contribution in [3.63, 3.8) is 0 Å². The summed E-state index contributed by atoms with van der Waals surface area (Å²) >= 11 is 0. The van der Waals surface area contributed by atoms with Crippen LogP contribution < -0.4 is 5.06 Å². The normalized spacial score (nSPS) is 20.9. The van der Waals surface area contributed by atoms with E-state index in [-0.39, 0.29) is 13.1 Å². The lowest BCUT2D eigenvalue weighted by Gasteiger charge is -2.34. The second-order valence-corrected chi connectivity index (χ2v) is 6.91. The fraction of sp³-hybridized carbons (Fsp3) is 0.421. The van der Waals surface area contributed by atoms with E-state index in [4.69, 9.17) is 18.9 Å². The maximum absolute atomic E-state index is 12.0. The number of esters is 1. The van der Waals surface area contributed by atoms with Crippen molar-refractivity contribution in [2.45, 2.75) is 19.9 Å². The Hall–Kier alpha value is -2.85. The summed E-state index contributed by atoms with van der Waals surface area (Å²) < 4.78 is 15.6. The molecule has 9 nitrogen and oxygen atoms in total.